The summed E-state index contributed by atoms with van der Waals surface area (Å²) in [5.74, 6) is 0.239. The number of allylic oxidation sites excluding steroid dienone is 1. The summed E-state index contributed by atoms with van der Waals surface area (Å²) in [5, 5.41) is 4.51. The normalized spacial score (nSPS) is 11.9. The van der Waals surface area contributed by atoms with Gasteiger partial charge < -0.3 is 10.6 Å². The topological polar surface area (TPSA) is 41.1 Å². The molecular weight excluding hydrogens is 257 g/mol. The van der Waals surface area contributed by atoms with Crippen molar-refractivity contribution in [3.05, 3.63) is 42.1 Å². The van der Waals surface area contributed by atoms with Crippen molar-refractivity contribution < 1.29 is 18.0 Å². The number of alkyl halides is 3. The van der Waals surface area contributed by atoms with Crippen molar-refractivity contribution in [2.45, 2.75) is 20.0 Å². The van der Waals surface area contributed by atoms with Gasteiger partial charge >= 0.3 is 12.2 Å². The van der Waals surface area contributed by atoms with Gasteiger partial charge in [0.2, 0.25) is 0 Å². The first-order valence-corrected chi connectivity index (χ1v) is 5.71. The predicted molar refractivity (Wildman–Crippen MR) is 67.6 cm³/mol. The standard InChI is InChI=1S/C13H15F3N2O/c1-9(2)7-8-17-12(19)18-11-6-4-3-5-10(11)13(14,15)16/h3-9H,1-2H3,(H2,17,18,19)/b8-7+. The second kappa shape index (κ2) is 6.26. The van der Waals surface area contributed by atoms with Crippen molar-refractivity contribution in [2.24, 2.45) is 5.92 Å². The van der Waals surface area contributed by atoms with Crippen LogP contribution in [0.25, 0.3) is 0 Å². The second-order valence-corrected chi connectivity index (χ2v) is 4.24. The third-order valence-electron chi connectivity index (χ3n) is 2.18. The fourth-order valence-corrected chi connectivity index (χ4v) is 1.31. The van der Waals surface area contributed by atoms with Gasteiger partial charge in [-0.05, 0) is 18.1 Å². The summed E-state index contributed by atoms with van der Waals surface area (Å²) in [6.45, 7) is 3.82. The van der Waals surface area contributed by atoms with E-state index in [0.29, 0.717) is 0 Å². The zero-order chi connectivity index (χ0) is 14.5. The minimum Gasteiger partial charge on any atom is -0.315 e. The number of halogens is 3. The maximum absolute atomic E-state index is 12.7. The van der Waals surface area contributed by atoms with E-state index in [0.717, 1.165) is 6.07 Å². The van der Waals surface area contributed by atoms with Crippen LogP contribution in [0.1, 0.15) is 19.4 Å². The Labute approximate surface area is 109 Å². The maximum Gasteiger partial charge on any atom is 0.418 e. The minimum atomic E-state index is -4.50. The van der Waals surface area contributed by atoms with E-state index in [9.17, 15) is 18.0 Å². The van der Waals surface area contributed by atoms with Crippen LogP contribution in [0.5, 0.6) is 0 Å². The number of rotatable bonds is 3. The van der Waals surface area contributed by atoms with Gasteiger partial charge in [-0.3, -0.25) is 0 Å². The van der Waals surface area contributed by atoms with Gasteiger partial charge in [-0.25, -0.2) is 4.79 Å². The summed E-state index contributed by atoms with van der Waals surface area (Å²) in [5.41, 5.74) is -1.15. The Morgan fingerprint density at radius 2 is 1.89 bits per heavy atom. The van der Waals surface area contributed by atoms with E-state index in [1.54, 1.807) is 6.08 Å². The van der Waals surface area contributed by atoms with Crippen molar-refractivity contribution in [2.75, 3.05) is 5.32 Å². The number of anilines is 1. The number of hydrogen-bond donors (Lipinski definition) is 2. The lowest BCUT2D eigenvalue weighted by atomic mass is 10.1. The molecule has 0 spiro atoms. The van der Waals surface area contributed by atoms with E-state index in [4.69, 9.17) is 0 Å². The molecule has 1 rings (SSSR count). The Kier molecular flexibility index (Phi) is 4.97. The van der Waals surface area contributed by atoms with Crippen LogP contribution in [0.15, 0.2) is 36.5 Å². The molecule has 0 radical (unpaired) electrons. The number of carbonyl (C=O) groups excluding carboxylic acids is 1. The molecule has 19 heavy (non-hydrogen) atoms. The van der Waals surface area contributed by atoms with Gasteiger partial charge in [0.15, 0.2) is 0 Å². The van der Waals surface area contributed by atoms with Gasteiger partial charge in [0, 0.05) is 6.20 Å². The molecule has 1 aromatic carbocycles. The Balaban J connectivity index is 2.75. The highest BCUT2D eigenvalue weighted by Crippen LogP contribution is 2.34. The molecule has 0 atom stereocenters. The fourth-order valence-electron chi connectivity index (χ4n) is 1.31. The largest absolute Gasteiger partial charge is 0.418 e. The van der Waals surface area contributed by atoms with Crippen molar-refractivity contribution in [1.29, 1.82) is 0 Å². The number of amides is 2. The molecule has 0 aliphatic carbocycles. The van der Waals surface area contributed by atoms with Crippen LogP contribution in [-0.2, 0) is 6.18 Å². The number of para-hydroxylation sites is 1. The van der Waals surface area contributed by atoms with Crippen LogP contribution in [0.4, 0.5) is 23.7 Å². The fraction of sp³-hybridized carbons (Fsp3) is 0.308. The molecule has 3 nitrogen and oxygen atoms in total. The molecule has 1 aromatic rings. The monoisotopic (exact) mass is 272 g/mol. The smallest absolute Gasteiger partial charge is 0.315 e. The Hall–Kier alpha value is -1.98. The molecule has 104 valence electrons. The van der Waals surface area contributed by atoms with Crippen molar-refractivity contribution in [3.8, 4) is 0 Å². The third-order valence-corrected chi connectivity index (χ3v) is 2.18. The molecule has 0 heterocycles. The lowest BCUT2D eigenvalue weighted by Gasteiger charge is -2.13. The summed E-state index contributed by atoms with van der Waals surface area (Å²) < 4.78 is 38.0. The molecule has 2 amide bonds. The highest BCUT2D eigenvalue weighted by molar-refractivity contribution is 5.90. The van der Waals surface area contributed by atoms with Gasteiger partial charge in [-0.15, -0.1) is 0 Å². The first kappa shape index (κ1) is 15.1. The van der Waals surface area contributed by atoms with Gasteiger partial charge in [0.25, 0.3) is 0 Å². The molecule has 2 N–H and O–H groups in total. The zero-order valence-corrected chi connectivity index (χ0v) is 10.6. The van der Waals surface area contributed by atoms with Crippen LogP contribution < -0.4 is 10.6 Å². The van der Waals surface area contributed by atoms with Gasteiger partial charge in [-0.1, -0.05) is 32.1 Å². The SMILES string of the molecule is CC(C)/C=C/NC(=O)Nc1ccccc1C(F)(F)F. The van der Waals surface area contributed by atoms with E-state index in [1.807, 2.05) is 13.8 Å². The van der Waals surface area contributed by atoms with E-state index >= 15 is 0 Å². The number of urea groups is 1. The summed E-state index contributed by atoms with van der Waals surface area (Å²) in [6, 6.07) is 4.10. The van der Waals surface area contributed by atoms with Crippen LogP contribution >= 0.6 is 0 Å². The van der Waals surface area contributed by atoms with E-state index < -0.39 is 17.8 Å². The Bertz CT molecular complexity index is 467. The third kappa shape index (κ3) is 5.03. The van der Waals surface area contributed by atoms with Crippen LogP contribution in [0.3, 0.4) is 0 Å². The van der Waals surface area contributed by atoms with Crippen molar-refractivity contribution >= 4 is 11.7 Å². The summed E-state index contributed by atoms with van der Waals surface area (Å²) in [4.78, 5) is 11.4. The molecule has 0 bridgehead atoms. The van der Waals surface area contributed by atoms with E-state index in [2.05, 4.69) is 10.6 Å². The maximum atomic E-state index is 12.7. The van der Waals surface area contributed by atoms with Crippen molar-refractivity contribution in [1.82, 2.24) is 5.32 Å². The molecule has 0 aliphatic heterocycles. The van der Waals surface area contributed by atoms with Gasteiger partial charge in [-0.2, -0.15) is 13.2 Å². The molecule has 0 aliphatic rings. The molecule has 0 unspecified atom stereocenters. The van der Waals surface area contributed by atoms with Gasteiger partial charge in [0.1, 0.15) is 0 Å². The highest BCUT2D eigenvalue weighted by atomic mass is 19.4. The Morgan fingerprint density at radius 3 is 2.47 bits per heavy atom. The molecule has 6 heteroatoms. The number of benzene rings is 1. The minimum absolute atomic E-state index is 0.239. The van der Waals surface area contributed by atoms with E-state index in [1.165, 1.54) is 24.4 Å². The number of carbonyl (C=O) groups is 1. The lowest BCUT2D eigenvalue weighted by Crippen LogP contribution is -2.25. The number of nitrogens with one attached hydrogen (secondary N) is 2. The summed E-state index contributed by atoms with van der Waals surface area (Å²) in [6.07, 6.45) is -1.39. The van der Waals surface area contributed by atoms with Crippen LogP contribution in [0, 0.1) is 5.92 Å². The van der Waals surface area contributed by atoms with Crippen LogP contribution in [-0.4, -0.2) is 6.03 Å². The average Bonchev–Trinajstić information content (AvgIpc) is 2.27. The molecular formula is C13H15F3N2O. The molecule has 0 saturated carbocycles. The first-order valence-electron chi connectivity index (χ1n) is 5.71. The molecule has 0 fully saturated rings. The lowest BCUT2D eigenvalue weighted by molar-refractivity contribution is -0.136. The highest BCUT2D eigenvalue weighted by Gasteiger charge is 2.33. The molecule has 0 aromatic heterocycles. The summed E-state index contributed by atoms with van der Waals surface area (Å²) >= 11 is 0. The summed E-state index contributed by atoms with van der Waals surface area (Å²) in [7, 11) is 0. The van der Waals surface area contributed by atoms with Crippen molar-refractivity contribution in [3.63, 3.8) is 0 Å². The Morgan fingerprint density at radius 1 is 1.26 bits per heavy atom. The second-order valence-electron chi connectivity index (χ2n) is 4.24. The van der Waals surface area contributed by atoms with E-state index in [-0.39, 0.29) is 11.6 Å². The quantitative estimate of drug-likeness (QED) is 0.858. The van der Waals surface area contributed by atoms with Gasteiger partial charge in [0.05, 0.1) is 11.3 Å². The predicted octanol–water partition coefficient (Wildman–Crippen LogP) is 4.00. The first-order chi connectivity index (χ1) is 8.80. The zero-order valence-electron chi connectivity index (χ0n) is 10.6. The average molecular weight is 272 g/mol. The van der Waals surface area contributed by atoms with Crippen LogP contribution in [0.2, 0.25) is 0 Å². The number of hydrogen-bond acceptors (Lipinski definition) is 1. The molecule has 0 saturated heterocycles.